The zero-order valence-electron chi connectivity index (χ0n) is 16.7. The van der Waals surface area contributed by atoms with E-state index in [-0.39, 0.29) is 0 Å². The Balaban J connectivity index is 1.67. The maximum Gasteiger partial charge on any atom is 0.183 e. The molecule has 0 radical (unpaired) electrons. The molecule has 1 saturated carbocycles. The summed E-state index contributed by atoms with van der Waals surface area (Å²) in [6, 6.07) is 6.90. The molecule has 1 aromatic carbocycles. The van der Waals surface area contributed by atoms with Gasteiger partial charge < -0.3 is 14.6 Å². The number of aromatic nitrogens is 2. The van der Waals surface area contributed by atoms with Crippen LogP contribution in [0.1, 0.15) is 45.2 Å². The van der Waals surface area contributed by atoms with Crippen molar-refractivity contribution < 1.29 is 4.74 Å². The molecular formula is C22H29N3OS. The third-order valence-corrected chi connectivity index (χ3v) is 6.57. The lowest BCUT2D eigenvalue weighted by Gasteiger charge is -2.27. The van der Waals surface area contributed by atoms with Gasteiger partial charge >= 0.3 is 0 Å². The Bertz CT molecular complexity index is 943. The summed E-state index contributed by atoms with van der Waals surface area (Å²) in [4.78, 5) is 4.95. The standard InChI is InChI=1S/C22H29N3OS/c1-5-26-17-9-10-20-18(12-17)21(15(3)25(20)4)19-13-27-22(24-19)23-16-8-6-7-14(2)11-16/h9-10,12-14,16H,5-8,11H2,1-4H3,(H,23,24). The van der Waals surface area contributed by atoms with E-state index in [0.29, 0.717) is 12.6 Å². The fraction of sp³-hybridized carbons (Fsp3) is 0.500. The molecule has 2 heterocycles. The SMILES string of the molecule is CCOc1ccc2c(c1)c(-c1csc(NC3CCCC(C)C3)n1)c(C)n2C. The third kappa shape index (κ3) is 3.57. The number of rotatable bonds is 5. The Morgan fingerprint density at radius 3 is 2.96 bits per heavy atom. The molecule has 0 spiro atoms. The number of fused-ring (bicyclic) bond motifs is 1. The molecule has 2 aromatic heterocycles. The molecule has 144 valence electrons. The number of anilines is 1. The van der Waals surface area contributed by atoms with E-state index in [9.17, 15) is 0 Å². The molecule has 5 heteroatoms. The summed E-state index contributed by atoms with van der Waals surface area (Å²) >= 11 is 1.72. The monoisotopic (exact) mass is 383 g/mol. The van der Waals surface area contributed by atoms with Crippen molar-refractivity contribution >= 4 is 27.4 Å². The molecule has 1 aliphatic carbocycles. The normalized spacial score (nSPS) is 20.1. The Morgan fingerprint density at radius 2 is 2.19 bits per heavy atom. The van der Waals surface area contributed by atoms with Crippen molar-refractivity contribution in [1.29, 1.82) is 0 Å². The molecule has 0 saturated heterocycles. The largest absolute Gasteiger partial charge is 0.494 e. The van der Waals surface area contributed by atoms with Crippen LogP contribution in [0.25, 0.3) is 22.2 Å². The number of aryl methyl sites for hydroxylation is 1. The van der Waals surface area contributed by atoms with Crippen molar-refractivity contribution in [3.05, 3.63) is 29.3 Å². The average Bonchev–Trinajstić information content (AvgIpc) is 3.18. The van der Waals surface area contributed by atoms with Crippen LogP contribution in [0.5, 0.6) is 5.75 Å². The second-order valence-corrected chi connectivity index (χ2v) is 8.64. The van der Waals surface area contributed by atoms with Gasteiger partial charge in [-0.3, -0.25) is 0 Å². The van der Waals surface area contributed by atoms with Crippen molar-refractivity contribution in [1.82, 2.24) is 9.55 Å². The third-order valence-electron chi connectivity index (χ3n) is 5.80. The highest BCUT2D eigenvalue weighted by molar-refractivity contribution is 7.14. The molecule has 3 aromatic rings. The Morgan fingerprint density at radius 1 is 1.33 bits per heavy atom. The predicted molar refractivity (Wildman–Crippen MR) is 115 cm³/mol. The smallest absolute Gasteiger partial charge is 0.183 e. The van der Waals surface area contributed by atoms with Gasteiger partial charge in [-0.2, -0.15) is 0 Å². The van der Waals surface area contributed by atoms with E-state index in [2.05, 4.69) is 48.3 Å². The molecule has 27 heavy (non-hydrogen) atoms. The van der Waals surface area contributed by atoms with E-state index in [1.807, 2.05) is 13.0 Å². The number of thiazole rings is 1. The first kappa shape index (κ1) is 18.4. The predicted octanol–water partition coefficient (Wildman–Crippen LogP) is 6.00. The van der Waals surface area contributed by atoms with Gasteiger partial charge in [0.15, 0.2) is 5.13 Å². The molecule has 2 atom stereocenters. The fourth-order valence-corrected chi connectivity index (χ4v) is 5.11. The van der Waals surface area contributed by atoms with Gasteiger partial charge in [0.05, 0.1) is 12.3 Å². The first-order valence-corrected chi connectivity index (χ1v) is 10.9. The summed E-state index contributed by atoms with van der Waals surface area (Å²) in [5.74, 6) is 1.73. The van der Waals surface area contributed by atoms with E-state index in [0.717, 1.165) is 22.5 Å². The molecule has 4 rings (SSSR count). The van der Waals surface area contributed by atoms with E-state index in [1.165, 1.54) is 47.8 Å². The lowest BCUT2D eigenvalue weighted by molar-refractivity contribution is 0.340. The highest BCUT2D eigenvalue weighted by Crippen LogP contribution is 2.38. The van der Waals surface area contributed by atoms with Gasteiger partial charge in [-0.05, 0) is 50.8 Å². The van der Waals surface area contributed by atoms with Crippen LogP contribution in [0.2, 0.25) is 0 Å². The number of hydrogen-bond acceptors (Lipinski definition) is 4. The van der Waals surface area contributed by atoms with E-state index in [4.69, 9.17) is 9.72 Å². The molecule has 1 fully saturated rings. The zero-order valence-corrected chi connectivity index (χ0v) is 17.5. The Hall–Kier alpha value is -2.01. The molecule has 1 N–H and O–H groups in total. The summed E-state index contributed by atoms with van der Waals surface area (Å²) < 4.78 is 7.98. The minimum absolute atomic E-state index is 0.561. The van der Waals surface area contributed by atoms with Crippen LogP contribution in [-0.4, -0.2) is 22.2 Å². The minimum Gasteiger partial charge on any atom is -0.494 e. The Labute approximate surface area is 165 Å². The molecule has 0 aliphatic heterocycles. The van der Waals surface area contributed by atoms with Crippen LogP contribution in [0.4, 0.5) is 5.13 Å². The first-order chi connectivity index (χ1) is 13.1. The summed E-state index contributed by atoms with van der Waals surface area (Å²) in [5, 5.41) is 8.12. The minimum atomic E-state index is 0.561. The van der Waals surface area contributed by atoms with Gasteiger partial charge in [0, 0.05) is 40.6 Å². The summed E-state index contributed by atoms with van der Waals surface area (Å²) in [6.45, 7) is 7.23. The van der Waals surface area contributed by atoms with Crippen LogP contribution in [-0.2, 0) is 7.05 Å². The maximum absolute atomic E-state index is 5.73. The highest BCUT2D eigenvalue weighted by atomic mass is 32.1. The average molecular weight is 384 g/mol. The fourth-order valence-electron chi connectivity index (χ4n) is 4.33. The quantitative estimate of drug-likeness (QED) is 0.587. The Kier molecular flexibility index (Phi) is 5.13. The highest BCUT2D eigenvalue weighted by Gasteiger charge is 2.21. The van der Waals surface area contributed by atoms with Gasteiger partial charge in [-0.25, -0.2) is 4.98 Å². The van der Waals surface area contributed by atoms with Crippen LogP contribution in [0.15, 0.2) is 23.6 Å². The van der Waals surface area contributed by atoms with Gasteiger partial charge in [-0.15, -0.1) is 11.3 Å². The molecular weight excluding hydrogens is 354 g/mol. The van der Waals surface area contributed by atoms with E-state index >= 15 is 0 Å². The zero-order chi connectivity index (χ0) is 19.0. The van der Waals surface area contributed by atoms with Crippen molar-refractivity contribution in [3.8, 4) is 17.0 Å². The first-order valence-electron chi connectivity index (χ1n) is 10.0. The summed E-state index contributed by atoms with van der Waals surface area (Å²) in [7, 11) is 2.12. The van der Waals surface area contributed by atoms with Crippen molar-refractivity contribution in [2.75, 3.05) is 11.9 Å². The van der Waals surface area contributed by atoms with Crippen molar-refractivity contribution in [3.63, 3.8) is 0 Å². The lowest BCUT2D eigenvalue weighted by Crippen LogP contribution is -2.26. The van der Waals surface area contributed by atoms with Crippen LogP contribution in [0, 0.1) is 12.8 Å². The summed E-state index contributed by atoms with van der Waals surface area (Å²) in [6.07, 6.45) is 5.18. The maximum atomic E-state index is 5.73. The number of nitrogens with zero attached hydrogens (tertiary/aromatic N) is 2. The molecule has 2 unspecified atom stereocenters. The van der Waals surface area contributed by atoms with Crippen LogP contribution < -0.4 is 10.1 Å². The molecule has 0 amide bonds. The molecule has 1 aliphatic rings. The number of nitrogens with one attached hydrogen (secondary N) is 1. The van der Waals surface area contributed by atoms with Gasteiger partial charge in [0.2, 0.25) is 0 Å². The van der Waals surface area contributed by atoms with Crippen LogP contribution >= 0.6 is 11.3 Å². The van der Waals surface area contributed by atoms with Crippen molar-refractivity contribution in [2.45, 2.75) is 52.5 Å². The number of ether oxygens (including phenoxy) is 1. The number of benzene rings is 1. The second-order valence-electron chi connectivity index (χ2n) is 7.78. The molecule has 4 nitrogen and oxygen atoms in total. The topological polar surface area (TPSA) is 39.1 Å². The van der Waals surface area contributed by atoms with Crippen molar-refractivity contribution in [2.24, 2.45) is 13.0 Å². The van der Waals surface area contributed by atoms with Gasteiger partial charge in [-0.1, -0.05) is 19.8 Å². The van der Waals surface area contributed by atoms with Gasteiger partial charge in [0.25, 0.3) is 0 Å². The molecule has 0 bridgehead atoms. The van der Waals surface area contributed by atoms with E-state index < -0.39 is 0 Å². The summed E-state index contributed by atoms with van der Waals surface area (Å²) in [5.41, 5.74) is 4.73. The second kappa shape index (κ2) is 7.55. The number of hydrogen-bond donors (Lipinski definition) is 1. The van der Waals surface area contributed by atoms with E-state index in [1.54, 1.807) is 11.3 Å². The lowest BCUT2D eigenvalue weighted by atomic mass is 9.87. The van der Waals surface area contributed by atoms with Crippen LogP contribution in [0.3, 0.4) is 0 Å². The van der Waals surface area contributed by atoms with Gasteiger partial charge in [0.1, 0.15) is 5.75 Å².